The topological polar surface area (TPSA) is 80.9 Å². The molecular formula is C20H16N6OS. The van der Waals surface area contributed by atoms with Crippen molar-refractivity contribution >= 4 is 18.4 Å². The number of hydrogen-bond donors (Lipinski definition) is 1. The van der Waals surface area contributed by atoms with Gasteiger partial charge in [0.1, 0.15) is 11.4 Å². The Hall–Kier alpha value is -3.65. The molecule has 0 atom stereocenters. The van der Waals surface area contributed by atoms with Gasteiger partial charge in [-0.25, -0.2) is 4.68 Å². The van der Waals surface area contributed by atoms with Gasteiger partial charge in [-0.3, -0.25) is 9.89 Å². The summed E-state index contributed by atoms with van der Waals surface area (Å²) in [6.45, 7) is 1.60. The molecule has 0 unspecified atom stereocenters. The number of aryl methyl sites for hydroxylation is 1. The van der Waals surface area contributed by atoms with E-state index in [4.69, 9.17) is 17.3 Å². The number of aromatic amines is 1. The molecule has 0 aliphatic rings. The zero-order chi connectivity index (χ0) is 19.5. The Labute approximate surface area is 165 Å². The van der Waals surface area contributed by atoms with Crippen molar-refractivity contribution < 1.29 is 0 Å². The van der Waals surface area contributed by atoms with E-state index in [1.165, 1.54) is 0 Å². The summed E-state index contributed by atoms with van der Waals surface area (Å²) in [4.78, 5) is 12.3. The van der Waals surface area contributed by atoms with Crippen molar-refractivity contribution in [1.29, 1.82) is 0 Å². The monoisotopic (exact) mass is 388 g/mol. The van der Waals surface area contributed by atoms with Crippen LogP contribution in [0.1, 0.15) is 11.3 Å². The predicted molar refractivity (Wildman–Crippen MR) is 110 cm³/mol. The molecule has 0 saturated heterocycles. The van der Waals surface area contributed by atoms with Crippen molar-refractivity contribution in [3.63, 3.8) is 0 Å². The lowest BCUT2D eigenvalue weighted by Gasteiger charge is -2.00. The van der Waals surface area contributed by atoms with Crippen LogP contribution in [0.25, 0.3) is 16.9 Å². The molecule has 4 aromatic rings. The number of benzene rings is 2. The van der Waals surface area contributed by atoms with E-state index in [-0.39, 0.29) is 16.0 Å². The van der Waals surface area contributed by atoms with Gasteiger partial charge in [0.05, 0.1) is 11.9 Å². The summed E-state index contributed by atoms with van der Waals surface area (Å²) >= 11 is 5.13. The maximum atomic E-state index is 12.3. The van der Waals surface area contributed by atoms with E-state index in [1.807, 2.05) is 66.9 Å². The van der Waals surface area contributed by atoms with E-state index in [0.717, 1.165) is 27.2 Å². The summed E-state index contributed by atoms with van der Waals surface area (Å²) in [5, 5.41) is 15.5. The van der Waals surface area contributed by atoms with Crippen LogP contribution in [0.3, 0.4) is 0 Å². The molecule has 4 rings (SSSR count). The Balaban J connectivity index is 1.84. The molecule has 8 heteroatoms. The summed E-state index contributed by atoms with van der Waals surface area (Å²) in [7, 11) is 0. The molecule has 0 amide bonds. The number of para-hydroxylation sites is 1. The van der Waals surface area contributed by atoms with Crippen LogP contribution in [-0.4, -0.2) is 30.9 Å². The van der Waals surface area contributed by atoms with Crippen LogP contribution < -0.4 is 5.56 Å². The normalized spacial score (nSPS) is 11.2. The second-order valence-corrected chi connectivity index (χ2v) is 6.44. The van der Waals surface area contributed by atoms with Crippen molar-refractivity contribution in [2.24, 2.45) is 5.10 Å². The van der Waals surface area contributed by atoms with Gasteiger partial charge in [-0.15, -0.1) is 0 Å². The molecule has 7 nitrogen and oxygen atoms in total. The molecule has 138 valence electrons. The first-order chi connectivity index (χ1) is 13.6. The summed E-state index contributed by atoms with van der Waals surface area (Å²) in [6, 6.07) is 19.6. The molecule has 2 aromatic heterocycles. The van der Waals surface area contributed by atoms with Crippen molar-refractivity contribution in [2.75, 3.05) is 0 Å². The van der Waals surface area contributed by atoms with Crippen molar-refractivity contribution in [2.45, 2.75) is 6.92 Å². The van der Waals surface area contributed by atoms with Crippen LogP contribution in [0.5, 0.6) is 0 Å². The predicted octanol–water partition coefficient (Wildman–Crippen LogP) is 3.34. The van der Waals surface area contributed by atoms with E-state index in [9.17, 15) is 4.79 Å². The first-order valence-electron chi connectivity index (χ1n) is 8.57. The molecule has 0 bridgehead atoms. The Kier molecular flexibility index (Phi) is 4.77. The fourth-order valence-electron chi connectivity index (χ4n) is 2.71. The molecule has 0 radical (unpaired) electrons. The highest BCUT2D eigenvalue weighted by Crippen LogP contribution is 2.22. The quantitative estimate of drug-likeness (QED) is 0.429. The van der Waals surface area contributed by atoms with Crippen LogP contribution in [0, 0.1) is 11.7 Å². The average Bonchev–Trinajstić information content (AvgIpc) is 3.16. The number of nitrogens with zero attached hydrogens (tertiary/aromatic N) is 5. The van der Waals surface area contributed by atoms with Gasteiger partial charge in [-0.1, -0.05) is 48.5 Å². The van der Waals surface area contributed by atoms with Crippen molar-refractivity contribution in [1.82, 2.24) is 24.7 Å². The lowest BCUT2D eigenvalue weighted by atomic mass is 10.1. The molecular weight excluding hydrogens is 372 g/mol. The van der Waals surface area contributed by atoms with Gasteiger partial charge < -0.3 is 0 Å². The highest BCUT2D eigenvalue weighted by Gasteiger charge is 2.11. The van der Waals surface area contributed by atoms with Crippen LogP contribution in [0.4, 0.5) is 0 Å². The minimum Gasteiger partial charge on any atom is -0.265 e. The van der Waals surface area contributed by atoms with Gasteiger partial charge in [0, 0.05) is 17.3 Å². The summed E-state index contributed by atoms with van der Waals surface area (Å²) in [5.74, 6) is 0. The fourth-order valence-corrected chi connectivity index (χ4v) is 2.89. The lowest BCUT2D eigenvalue weighted by molar-refractivity contribution is 0.720. The van der Waals surface area contributed by atoms with E-state index in [2.05, 4.69) is 15.3 Å². The first-order valence-corrected chi connectivity index (χ1v) is 8.97. The van der Waals surface area contributed by atoms with Gasteiger partial charge in [0.25, 0.3) is 5.56 Å². The van der Waals surface area contributed by atoms with Crippen LogP contribution >= 0.6 is 12.2 Å². The molecule has 0 saturated carbocycles. The standard InChI is InChI=1S/C20H16N6OS/c1-14-19(27)26(20(28)23-22-14)21-12-16-13-25(17-10-6-3-7-11-17)24-18(16)15-8-4-2-5-9-15/h2-13H,1H3,(H,23,28). The summed E-state index contributed by atoms with van der Waals surface area (Å²) in [5.41, 5.74) is 3.30. The van der Waals surface area contributed by atoms with Crippen LogP contribution in [0.2, 0.25) is 0 Å². The third kappa shape index (κ3) is 3.45. The Morgan fingerprint density at radius 2 is 1.75 bits per heavy atom. The number of hydrogen-bond acceptors (Lipinski definition) is 5. The minimum atomic E-state index is -0.364. The molecule has 2 aromatic carbocycles. The van der Waals surface area contributed by atoms with E-state index >= 15 is 0 Å². The third-order valence-corrected chi connectivity index (χ3v) is 4.40. The van der Waals surface area contributed by atoms with Crippen LogP contribution in [-0.2, 0) is 0 Å². The number of rotatable bonds is 4. The zero-order valence-electron chi connectivity index (χ0n) is 15.0. The summed E-state index contributed by atoms with van der Waals surface area (Å²) < 4.78 is 3.03. The second-order valence-electron chi connectivity index (χ2n) is 6.05. The maximum absolute atomic E-state index is 12.3. The maximum Gasteiger partial charge on any atom is 0.296 e. The molecule has 2 heterocycles. The van der Waals surface area contributed by atoms with Gasteiger partial charge in [0.2, 0.25) is 4.77 Å². The number of H-pyrrole nitrogens is 1. The Morgan fingerprint density at radius 3 is 2.46 bits per heavy atom. The number of aromatic nitrogens is 5. The molecule has 0 aliphatic heterocycles. The van der Waals surface area contributed by atoms with E-state index in [0.29, 0.717) is 0 Å². The van der Waals surface area contributed by atoms with Gasteiger partial charge in [-0.05, 0) is 31.3 Å². The summed E-state index contributed by atoms with van der Waals surface area (Å²) in [6.07, 6.45) is 3.45. The fraction of sp³-hybridized carbons (Fsp3) is 0.0500. The first kappa shape index (κ1) is 17.7. The zero-order valence-corrected chi connectivity index (χ0v) is 15.8. The van der Waals surface area contributed by atoms with Gasteiger partial charge >= 0.3 is 0 Å². The average molecular weight is 388 g/mol. The van der Waals surface area contributed by atoms with Crippen LogP contribution in [0.15, 0.2) is 76.8 Å². The molecule has 28 heavy (non-hydrogen) atoms. The SMILES string of the molecule is Cc1n[nH]c(=S)n(N=Cc2cn(-c3ccccc3)nc2-c2ccccc2)c1=O. The Bertz CT molecular complexity index is 1260. The third-order valence-electron chi connectivity index (χ3n) is 4.14. The number of nitrogens with one attached hydrogen (secondary N) is 1. The van der Waals surface area contributed by atoms with Crippen molar-refractivity contribution in [3.05, 3.63) is 93.2 Å². The highest BCUT2D eigenvalue weighted by atomic mass is 32.1. The van der Waals surface area contributed by atoms with E-state index < -0.39 is 0 Å². The largest absolute Gasteiger partial charge is 0.296 e. The molecule has 0 aliphatic carbocycles. The highest BCUT2D eigenvalue weighted by molar-refractivity contribution is 7.71. The lowest BCUT2D eigenvalue weighted by Crippen LogP contribution is -2.22. The molecule has 0 fully saturated rings. The smallest absolute Gasteiger partial charge is 0.265 e. The van der Waals surface area contributed by atoms with E-state index in [1.54, 1.807) is 17.8 Å². The van der Waals surface area contributed by atoms with Gasteiger partial charge in [0.15, 0.2) is 0 Å². The second kappa shape index (κ2) is 7.53. The van der Waals surface area contributed by atoms with Crippen molar-refractivity contribution in [3.8, 4) is 16.9 Å². The molecule has 1 N–H and O–H groups in total. The minimum absolute atomic E-state index is 0.128. The Morgan fingerprint density at radius 1 is 1.07 bits per heavy atom. The van der Waals surface area contributed by atoms with Gasteiger partial charge in [-0.2, -0.15) is 20.0 Å². The molecule has 0 spiro atoms.